The maximum Gasteiger partial charge on any atom is 0.308 e. The summed E-state index contributed by atoms with van der Waals surface area (Å²) >= 11 is 1.46. The number of ether oxygens (including phenoxy) is 1. The highest BCUT2D eigenvalue weighted by molar-refractivity contribution is 7.13. The Balaban J connectivity index is 1.39. The largest absolute Gasteiger partial charge is 0.456 e. The number of non-ortho nitro benzene ring substituents is 1. The molecule has 144 valence electrons. The smallest absolute Gasteiger partial charge is 0.308 e. The van der Waals surface area contributed by atoms with Gasteiger partial charge < -0.3 is 14.6 Å². The Kier molecular flexibility index (Phi) is 6.07. The lowest BCUT2D eigenvalue weighted by atomic mass is 10.2. The van der Waals surface area contributed by atoms with E-state index in [1.54, 1.807) is 0 Å². The Labute approximate surface area is 162 Å². The van der Waals surface area contributed by atoms with Gasteiger partial charge in [0.1, 0.15) is 0 Å². The standard InChI is InChI=1S/C17H14N4O6S/c22-15(26-10-14-19-16(20-27-14)13-2-1-9-28-13)7-8-18-17(23)11-3-5-12(6-4-11)21(24)25/h1-6,9H,7-8,10H2,(H,18,23). The number of carbonyl (C=O) groups excluding carboxylic acids is 2. The molecule has 0 atom stereocenters. The van der Waals surface area contributed by atoms with Crippen LogP contribution in [0.1, 0.15) is 22.7 Å². The van der Waals surface area contributed by atoms with Crippen LogP contribution in [0.25, 0.3) is 10.7 Å². The fourth-order valence-electron chi connectivity index (χ4n) is 2.15. The van der Waals surface area contributed by atoms with Gasteiger partial charge in [0.05, 0.1) is 16.2 Å². The molecule has 0 aliphatic rings. The second kappa shape index (κ2) is 8.86. The summed E-state index contributed by atoms with van der Waals surface area (Å²) < 4.78 is 10.0. The van der Waals surface area contributed by atoms with Crippen LogP contribution in [0.5, 0.6) is 0 Å². The minimum atomic E-state index is -0.551. The predicted octanol–water partition coefficient (Wildman–Crippen LogP) is 2.57. The zero-order valence-electron chi connectivity index (χ0n) is 14.4. The summed E-state index contributed by atoms with van der Waals surface area (Å²) in [4.78, 5) is 38.7. The molecular weight excluding hydrogens is 388 g/mol. The van der Waals surface area contributed by atoms with Crippen molar-refractivity contribution in [2.45, 2.75) is 13.0 Å². The lowest BCUT2D eigenvalue weighted by Gasteiger charge is -2.05. The zero-order chi connectivity index (χ0) is 19.9. The van der Waals surface area contributed by atoms with Crippen LogP contribution in [0.3, 0.4) is 0 Å². The Morgan fingerprint density at radius 2 is 2.04 bits per heavy atom. The average Bonchev–Trinajstić information content (AvgIpc) is 3.38. The molecule has 0 aliphatic heterocycles. The van der Waals surface area contributed by atoms with Crippen LogP contribution in [0.2, 0.25) is 0 Å². The number of nitro benzene ring substituents is 1. The fourth-order valence-corrected chi connectivity index (χ4v) is 2.80. The molecular formula is C17H14N4O6S. The van der Waals surface area contributed by atoms with E-state index in [2.05, 4.69) is 15.5 Å². The van der Waals surface area contributed by atoms with Gasteiger partial charge in [-0.05, 0) is 23.6 Å². The number of nitrogens with one attached hydrogen (secondary N) is 1. The molecule has 1 aromatic carbocycles. The number of esters is 1. The molecule has 11 heteroatoms. The van der Waals surface area contributed by atoms with Crippen molar-refractivity contribution in [3.8, 4) is 10.7 Å². The van der Waals surface area contributed by atoms with E-state index in [1.165, 1.54) is 35.6 Å². The minimum Gasteiger partial charge on any atom is -0.456 e. The van der Waals surface area contributed by atoms with E-state index >= 15 is 0 Å². The normalized spacial score (nSPS) is 10.4. The fraction of sp³-hybridized carbons (Fsp3) is 0.176. The topological polar surface area (TPSA) is 137 Å². The number of nitro groups is 1. The third-order valence-corrected chi connectivity index (χ3v) is 4.39. The van der Waals surface area contributed by atoms with Gasteiger partial charge in [0.25, 0.3) is 17.5 Å². The molecule has 0 saturated heterocycles. The van der Waals surface area contributed by atoms with E-state index in [4.69, 9.17) is 9.26 Å². The summed E-state index contributed by atoms with van der Waals surface area (Å²) in [5.74, 6) is -0.386. The van der Waals surface area contributed by atoms with Gasteiger partial charge in [0.15, 0.2) is 6.61 Å². The van der Waals surface area contributed by atoms with Gasteiger partial charge in [-0.2, -0.15) is 4.98 Å². The Hall–Kier alpha value is -3.60. The van der Waals surface area contributed by atoms with E-state index in [0.29, 0.717) is 5.82 Å². The summed E-state index contributed by atoms with van der Waals surface area (Å²) in [5, 5.41) is 18.8. The summed E-state index contributed by atoms with van der Waals surface area (Å²) in [6.07, 6.45) is -0.0510. The first kappa shape index (κ1) is 19.2. The average molecular weight is 402 g/mol. The van der Waals surface area contributed by atoms with Gasteiger partial charge >= 0.3 is 5.97 Å². The molecule has 0 spiro atoms. The molecule has 0 saturated carbocycles. The highest BCUT2D eigenvalue weighted by atomic mass is 32.1. The molecule has 3 rings (SSSR count). The van der Waals surface area contributed by atoms with Crippen LogP contribution in [0.15, 0.2) is 46.3 Å². The van der Waals surface area contributed by atoms with Crippen LogP contribution < -0.4 is 5.32 Å². The van der Waals surface area contributed by atoms with Gasteiger partial charge in [-0.3, -0.25) is 19.7 Å². The van der Waals surface area contributed by atoms with Crippen LogP contribution in [0.4, 0.5) is 5.69 Å². The molecule has 0 radical (unpaired) electrons. The highest BCUT2D eigenvalue weighted by Crippen LogP contribution is 2.21. The Bertz CT molecular complexity index is 968. The first-order valence-electron chi connectivity index (χ1n) is 8.07. The molecule has 10 nitrogen and oxygen atoms in total. The molecule has 3 aromatic rings. The van der Waals surface area contributed by atoms with Crippen molar-refractivity contribution in [1.29, 1.82) is 0 Å². The number of rotatable bonds is 8. The zero-order valence-corrected chi connectivity index (χ0v) is 15.2. The number of nitrogens with zero attached hydrogens (tertiary/aromatic N) is 3. The van der Waals surface area contributed by atoms with Gasteiger partial charge in [-0.25, -0.2) is 0 Å². The van der Waals surface area contributed by atoms with Gasteiger partial charge in [0.2, 0.25) is 5.82 Å². The second-order valence-corrected chi connectivity index (χ2v) is 6.41. The molecule has 0 bridgehead atoms. The van der Waals surface area contributed by atoms with Crippen molar-refractivity contribution >= 4 is 28.9 Å². The van der Waals surface area contributed by atoms with Crippen molar-refractivity contribution in [1.82, 2.24) is 15.5 Å². The minimum absolute atomic E-state index is 0.0510. The predicted molar refractivity (Wildman–Crippen MR) is 97.5 cm³/mol. The van der Waals surface area contributed by atoms with Crippen LogP contribution in [-0.2, 0) is 16.1 Å². The first-order chi connectivity index (χ1) is 13.5. The lowest BCUT2D eigenvalue weighted by molar-refractivity contribution is -0.384. The number of aromatic nitrogens is 2. The van der Waals surface area contributed by atoms with Crippen molar-refractivity contribution in [3.05, 3.63) is 63.3 Å². The second-order valence-electron chi connectivity index (χ2n) is 5.46. The summed E-state index contributed by atoms with van der Waals surface area (Å²) in [6.45, 7) is -0.105. The summed E-state index contributed by atoms with van der Waals surface area (Å²) in [5.41, 5.74) is 0.148. The molecule has 1 amide bonds. The van der Waals surface area contributed by atoms with Gasteiger partial charge in [-0.1, -0.05) is 11.2 Å². The maximum absolute atomic E-state index is 11.9. The third-order valence-electron chi connectivity index (χ3n) is 3.52. The van der Waals surface area contributed by atoms with E-state index < -0.39 is 16.8 Å². The number of hydrogen-bond acceptors (Lipinski definition) is 9. The van der Waals surface area contributed by atoms with E-state index in [-0.39, 0.29) is 36.7 Å². The lowest BCUT2D eigenvalue weighted by Crippen LogP contribution is -2.26. The molecule has 0 unspecified atom stereocenters. The highest BCUT2D eigenvalue weighted by Gasteiger charge is 2.13. The molecule has 0 aliphatic carbocycles. The number of benzene rings is 1. The SMILES string of the molecule is O=C(CCNC(=O)c1ccc([N+](=O)[O-])cc1)OCc1nc(-c2cccs2)no1. The van der Waals surface area contributed by atoms with Crippen LogP contribution >= 0.6 is 11.3 Å². The van der Waals surface area contributed by atoms with Crippen LogP contribution in [-0.4, -0.2) is 33.5 Å². The monoisotopic (exact) mass is 402 g/mol. The summed E-state index contributed by atoms with van der Waals surface area (Å²) in [7, 11) is 0. The molecule has 28 heavy (non-hydrogen) atoms. The summed E-state index contributed by atoms with van der Waals surface area (Å²) in [6, 6.07) is 8.86. The van der Waals surface area contributed by atoms with Crippen molar-refractivity contribution < 1.29 is 23.8 Å². The molecule has 2 aromatic heterocycles. The van der Waals surface area contributed by atoms with Gasteiger partial charge in [-0.15, -0.1) is 11.3 Å². The maximum atomic E-state index is 11.9. The van der Waals surface area contributed by atoms with E-state index in [1.807, 2.05) is 17.5 Å². The van der Waals surface area contributed by atoms with Gasteiger partial charge in [0, 0.05) is 24.2 Å². The number of hydrogen-bond donors (Lipinski definition) is 1. The van der Waals surface area contributed by atoms with Crippen molar-refractivity contribution in [3.63, 3.8) is 0 Å². The first-order valence-corrected chi connectivity index (χ1v) is 8.95. The molecule has 0 fully saturated rings. The van der Waals surface area contributed by atoms with Crippen molar-refractivity contribution in [2.24, 2.45) is 0 Å². The quantitative estimate of drug-likeness (QED) is 0.345. The number of thiophene rings is 1. The third kappa shape index (κ3) is 4.98. The Morgan fingerprint density at radius 1 is 1.25 bits per heavy atom. The van der Waals surface area contributed by atoms with E-state index in [9.17, 15) is 19.7 Å². The molecule has 2 heterocycles. The van der Waals surface area contributed by atoms with Crippen molar-refractivity contribution in [2.75, 3.05) is 6.54 Å². The molecule has 1 N–H and O–H groups in total. The van der Waals surface area contributed by atoms with Crippen LogP contribution in [0, 0.1) is 10.1 Å². The number of amides is 1. The Morgan fingerprint density at radius 3 is 2.71 bits per heavy atom. The van der Waals surface area contributed by atoms with E-state index in [0.717, 1.165) is 4.88 Å². The number of carbonyl (C=O) groups is 2.